The van der Waals surface area contributed by atoms with Crippen LogP contribution in [0.5, 0.6) is 0 Å². The molecule has 0 rings (SSSR count). The average Bonchev–Trinajstić information content (AvgIpc) is 0. The first-order valence-electron chi connectivity index (χ1n) is 0. The molecule has 7 radical (unpaired) electrons. The maximum Gasteiger partial charge on any atom is 0 e. The quantitative estimate of drug-likeness (QED) is 0.506. The van der Waals surface area contributed by atoms with Crippen molar-refractivity contribution >= 4 is 28.0 Å². The second-order valence-electron chi connectivity index (χ2n) is 0. The molecule has 0 bridgehead atoms. The Balaban J connectivity index is 0. The Kier molecular flexibility index (Phi) is 192. The van der Waals surface area contributed by atoms with Crippen LogP contribution in [0.4, 0.5) is 0 Å². The maximum absolute atomic E-state index is 0. The number of hydrogen-bond acceptors (Lipinski definition) is 0. The van der Waals surface area contributed by atoms with Crippen molar-refractivity contribution < 1.29 is 38.9 Å². The van der Waals surface area contributed by atoms with E-state index in [2.05, 4.69) is 0 Å². The van der Waals surface area contributed by atoms with Crippen LogP contribution in [0, 0.1) is 0 Å². The third-order valence-corrected chi connectivity index (χ3v) is 0. The van der Waals surface area contributed by atoms with Gasteiger partial charge in [-0.25, -0.2) is 0 Å². The summed E-state index contributed by atoms with van der Waals surface area (Å²) in [5.74, 6) is 0. The molecule has 0 aliphatic carbocycles. The summed E-state index contributed by atoms with van der Waals surface area (Å²) in [5.41, 5.74) is 0. The second-order valence-corrected chi connectivity index (χ2v) is 0. The summed E-state index contributed by atoms with van der Waals surface area (Å²) in [7, 11) is 0. The predicted octanol–water partition coefficient (Wildman–Crippen LogP) is -0.767. The van der Waals surface area contributed by atoms with Crippen LogP contribution in [0.3, 0.4) is 0 Å². The average molecular weight is 347 g/mol. The molecule has 0 saturated carbocycles. The Morgan fingerprint density at radius 3 is 1.00 bits per heavy atom. The Morgan fingerprint density at radius 1 is 1.00 bits per heavy atom. The van der Waals surface area contributed by atoms with Gasteiger partial charge in [-0.2, -0.15) is 0 Å². The summed E-state index contributed by atoms with van der Waals surface area (Å²) in [6, 6.07) is 0. The van der Waals surface area contributed by atoms with Crippen molar-refractivity contribution in [3.05, 3.63) is 0 Å². The van der Waals surface area contributed by atoms with E-state index in [9.17, 15) is 0 Å². The summed E-state index contributed by atoms with van der Waals surface area (Å²) < 4.78 is 0. The van der Waals surface area contributed by atoms with Crippen LogP contribution >= 0.6 is 0 Å². The van der Waals surface area contributed by atoms with Gasteiger partial charge in [0.2, 0.25) is 0 Å². The molecule has 0 spiro atoms. The zero-order chi connectivity index (χ0) is 0. The molecule has 0 nitrogen and oxygen atoms in total. The van der Waals surface area contributed by atoms with Gasteiger partial charge >= 0.3 is 0 Å². The monoisotopic (exact) mass is 347 g/mol. The van der Waals surface area contributed by atoms with E-state index in [0.29, 0.717) is 0 Å². The van der Waals surface area contributed by atoms with Gasteiger partial charge in [0.25, 0.3) is 0 Å². The summed E-state index contributed by atoms with van der Waals surface area (Å²) in [5, 5.41) is 0. The van der Waals surface area contributed by atoms with Crippen LogP contribution < -0.4 is 0 Å². The first-order chi connectivity index (χ1) is 0. The smallest absolute Gasteiger partial charge is 0 e. The Labute approximate surface area is 66.4 Å². The van der Waals surface area contributed by atoms with Crippen LogP contribution in [0.1, 0.15) is 0 Å². The summed E-state index contributed by atoms with van der Waals surface area (Å²) in [4.78, 5) is 0. The largest absolute Gasteiger partial charge is 0 e. The van der Waals surface area contributed by atoms with Gasteiger partial charge < -0.3 is 0 Å². The van der Waals surface area contributed by atoms with Gasteiger partial charge in [-0.05, 0) is 0 Å². The first-order valence-corrected chi connectivity index (χ1v) is 0. The molecule has 4 heteroatoms. The van der Waals surface area contributed by atoms with Gasteiger partial charge in [-0.15, -0.1) is 0 Å². The van der Waals surface area contributed by atoms with Crippen LogP contribution in [0.25, 0.3) is 0 Å². The van der Waals surface area contributed by atoms with E-state index >= 15 is 0 Å². The van der Waals surface area contributed by atoms with Gasteiger partial charge in [-0.1, -0.05) is 0 Å². The number of hydrogen-bond donors (Lipinski definition) is 0. The standard InChI is InChI=1S/Ni.Se.Si.Ta. The van der Waals surface area contributed by atoms with Crippen LogP contribution in [-0.2, 0) is 38.9 Å². The van der Waals surface area contributed by atoms with Crippen LogP contribution in [0.2, 0.25) is 0 Å². The summed E-state index contributed by atoms with van der Waals surface area (Å²) >= 11 is 0. The Morgan fingerprint density at radius 2 is 1.00 bits per heavy atom. The predicted molar refractivity (Wildman–Crippen MR) is 11.5 cm³/mol. The van der Waals surface area contributed by atoms with Gasteiger partial charge in [-0.3, -0.25) is 0 Å². The molecule has 0 aliphatic heterocycles. The SMILES string of the molecule is [Ni].[Se].[Si].[Ta]. The molecule has 0 aromatic rings. The Hall–Kier alpha value is 1.97. The minimum absolute atomic E-state index is 0. The van der Waals surface area contributed by atoms with E-state index in [4.69, 9.17) is 0 Å². The van der Waals surface area contributed by atoms with Gasteiger partial charge in [0, 0.05) is 66.9 Å². The van der Waals surface area contributed by atoms with Crippen molar-refractivity contribution in [1.29, 1.82) is 0 Å². The zero-order valence-corrected chi connectivity index (χ0v) is 8.59. The summed E-state index contributed by atoms with van der Waals surface area (Å²) in [6.07, 6.45) is 0. The van der Waals surface area contributed by atoms with E-state index in [0.717, 1.165) is 0 Å². The normalized spacial score (nSPS) is 0. The maximum atomic E-state index is 0. The van der Waals surface area contributed by atoms with Gasteiger partial charge in [0.05, 0.1) is 0 Å². The fraction of sp³-hybridized carbons (Fsp3) is 0. The van der Waals surface area contributed by atoms with E-state index in [1.54, 1.807) is 0 Å². The molecule has 0 aromatic carbocycles. The van der Waals surface area contributed by atoms with E-state index in [1.165, 1.54) is 0 Å². The van der Waals surface area contributed by atoms with Crippen molar-refractivity contribution in [2.24, 2.45) is 0 Å². The van der Waals surface area contributed by atoms with Crippen molar-refractivity contribution in [2.75, 3.05) is 0 Å². The fourth-order valence-electron chi connectivity index (χ4n) is 0. The van der Waals surface area contributed by atoms with Crippen LogP contribution in [0.15, 0.2) is 0 Å². The summed E-state index contributed by atoms with van der Waals surface area (Å²) in [6.45, 7) is 0. The molecule has 0 amide bonds. The molecule has 0 aliphatic rings. The fourth-order valence-corrected chi connectivity index (χ4v) is 0. The van der Waals surface area contributed by atoms with Gasteiger partial charge in [0.1, 0.15) is 0 Å². The molecule has 0 saturated heterocycles. The molecule has 0 heterocycles. The van der Waals surface area contributed by atoms with Crippen LogP contribution in [-0.4, -0.2) is 28.0 Å². The Bertz CT molecular complexity index is 8.00. The number of rotatable bonds is 0. The van der Waals surface area contributed by atoms with E-state index < -0.39 is 0 Å². The molecule has 0 aromatic heterocycles. The molecule has 4 heavy (non-hydrogen) atoms. The minimum Gasteiger partial charge on any atom is 0 e. The van der Waals surface area contributed by atoms with Crippen molar-refractivity contribution in [3.63, 3.8) is 0 Å². The van der Waals surface area contributed by atoms with Crippen molar-refractivity contribution in [3.8, 4) is 0 Å². The molecular weight excluding hydrogens is 347 g/mol. The van der Waals surface area contributed by atoms with Gasteiger partial charge in [0.15, 0.2) is 0 Å². The molecule has 0 unspecified atom stereocenters. The second kappa shape index (κ2) is 20.2. The van der Waals surface area contributed by atoms with E-state index in [-0.39, 0.29) is 66.9 Å². The topological polar surface area (TPSA) is 0 Å². The zero-order valence-electron chi connectivity index (χ0n) is 1.67. The van der Waals surface area contributed by atoms with Crippen molar-refractivity contribution in [1.82, 2.24) is 0 Å². The molecule has 0 N–H and O–H groups in total. The van der Waals surface area contributed by atoms with Crippen molar-refractivity contribution in [2.45, 2.75) is 0 Å². The molecule has 0 atom stereocenters. The third-order valence-electron chi connectivity index (χ3n) is 0. The first kappa shape index (κ1) is 38.0. The molecule has 0 fully saturated rings. The minimum atomic E-state index is 0. The van der Waals surface area contributed by atoms with E-state index in [1.807, 2.05) is 0 Å². The third kappa shape index (κ3) is 9.02. The molecule has 25 valence electrons. The molecular formula is NiSeSiTa.